The van der Waals surface area contributed by atoms with E-state index in [0.29, 0.717) is 39.6 Å². The minimum Gasteiger partial charge on any atom is -0.508 e. The number of nitrogens with two attached hydrogens (primary N) is 2. The van der Waals surface area contributed by atoms with Crippen LogP contribution in [0.4, 0.5) is 22.7 Å². The lowest BCUT2D eigenvalue weighted by molar-refractivity contribution is -0.141. The number of carboxylic acids is 3. The number of hydrogen-bond donors (Lipinski definition) is 20. The van der Waals surface area contributed by atoms with Gasteiger partial charge in [0.2, 0.25) is 65.0 Å². The Hall–Kier alpha value is -12.5. The molecule has 47 heteroatoms. The van der Waals surface area contributed by atoms with E-state index in [1.807, 2.05) is 0 Å². The Kier molecular flexibility index (Phi) is 36.0. The number of fused-ring (bicyclic) bond motifs is 1. The molecular formula is C79H103N19O25S3. The number of benzene rings is 5. The monoisotopic (exact) mass is 1810 g/mol. The second-order valence-corrected chi connectivity index (χ2v) is 34.3. The average Bonchev–Trinajstić information content (AvgIpc) is 0.770. The van der Waals surface area contributed by atoms with Crippen molar-refractivity contribution in [3.05, 3.63) is 95.6 Å². The van der Waals surface area contributed by atoms with E-state index in [9.17, 15) is 119 Å². The van der Waals surface area contributed by atoms with Crippen molar-refractivity contribution in [3.63, 3.8) is 0 Å². The smallest absolute Gasteiger partial charge is 0.317 e. The Morgan fingerprint density at radius 2 is 1.11 bits per heavy atom. The maximum absolute atomic E-state index is 14.4. The van der Waals surface area contributed by atoms with Gasteiger partial charge in [0, 0.05) is 95.8 Å². The van der Waals surface area contributed by atoms with Crippen molar-refractivity contribution in [2.45, 2.75) is 149 Å². The molecule has 3 unspecified atom stereocenters. The van der Waals surface area contributed by atoms with Crippen LogP contribution in [-0.4, -0.2) is 292 Å². The number of nitrogens with one attached hydrogen (secondary N) is 11. The van der Waals surface area contributed by atoms with Crippen molar-refractivity contribution in [3.8, 4) is 22.6 Å². The SMILES string of the molecule is Cc1cc(-c2ccc(NC(=O)[C@@H](CCCCNC(=O)CCN3C(=O)CC(SCC(=O)NCCCCC4NC(=O)[C@H](Cc5ccc(O)cc5)NC(=O)[C@H](CC(=O)O)NC(=O)C(C)NC(=O)[C@H](CCCNC(=N)N)NC4=O)C3=O)NC(=O)CN3CCN(CC(=O)O)CCN(CC(=O)O)CC3)c(C)c2)ccc1/N=N/c1ccc2c(S(=O)(=O)O)cc(S(=O)(=O)O)c(N)c2c1O. The number of rotatable bonds is 38. The van der Waals surface area contributed by atoms with Gasteiger partial charge < -0.3 is 90.2 Å². The molecule has 0 saturated carbocycles. The van der Waals surface area contributed by atoms with Gasteiger partial charge in [0.1, 0.15) is 57.5 Å². The van der Waals surface area contributed by atoms with Crippen LogP contribution in [0, 0.1) is 19.3 Å². The molecule has 8 rings (SSSR count). The van der Waals surface area contributed by atoms with E-state index >= 15 is 0 Å². The van der Waals surface area contributed by atoms with Crippen LogP contribution >= 0.6 is 11.8 Å². The predicted molar refractivity (Wildman–Crippen MR) is 455 cm³/mol. The summed E-state index contributed by atoms with van der Waals surface area (Å²) in [5, 5.41) is 90.2. The minimum atomic E-state index is -5.17. The molecule has 7 atom stereocenters. The molecule has 682 valence electrons. The molecule has 0 spiro atoms. The summed E-state index contributed by atoms with van der Waals surface area (Å²) in [4.78, 5) is 190. The summed E-state index contributed by atoms with van der Waals surface area (Å²) in [7, 11) is -10.3. The van der Waals surface area contributed by atoms with E-state index in [4.69, 9.17) is 16.9 Å². The van der Waals surface area contributed by atoms with Gasteiger partial charge in [-0.1, -0.05) is 30.3 Å². The zero-order chi connectivity index (χ0) is 92.4. The van der Waals surface area contributed by atoms with Gasteiger partial charge in [0.25, 0.3) is 20.2 Å². The zero-order valence-electron chi connectivity index (χ0n) is 69.0. The fourth-order valence-electron chi connectivity index (χ4n) is 13.9. The number of thioether (sulfide) groups is 1. The first-order valence-corrected chi connectivity index (χ1v) is 43.9. The van der Waals surface area contributed by atoms with Gasteiger partial charge in [-0.3, -0.25) is 101 Å². The first-order valence-electron chi connectivity index (χ1n) is 40.0. The summed E-state index contributed by atoms with van der Waals surface area (Å²) >= 11 is 0.895. The van der Waals surface area contributed by atoms with Crippen LogP contribution in [0.5, 0.6) is 11.5 Å². The van der Waals surface area contributed by atoms with Crippen molar-refractivity contribution in [1.82, 2.24) is 67.5 Å². The maximum atomic E-state index is 14.4. The fraction of sp³-hybridized carbons (Fsp3) is 0.456. The molecule has 0 radical (unpaired) electrons. The number of imide groups is 1. The van der Waals surface area contributed by atoms with Crippen LogP contribution < -0.4 is 64.6 Å². The van der Waals surface area contributed by atoms with Crippen LogP contribution in [0.3, 0.4) is 0 Å². The third kappa shape index (κ3) is 29.8. The van der Waals surface area contributed by atoms with Crippen LogP contribution in [-0.2, 0) is 93.8 Å². The molecule has 3 aliphatic rings. The van der Waals surface area contributed by atoms with Crippen molar-refractivity contribution in [2.24, 2.45) is 16.0 Å². The molecule has 3 heterocycles. The lowest BCUT2D eigenvalue weighted by atomic mass is 10.00. The third-order valence-electron chi connectivity index (χ3n) is 20.7. The summed E-state index contributed by atoms with van der Waals surface area (Å²) in [6.07, 6.45) is -0.929. The number of nitrogens with zero attached hydrogens (tertiary/aromatic N) is 6. The number of aliphatic carboxylic acids is 3. The zero-order valence-corrected chi connectivity index (χ0v) is 71.4. The van der Waals surface area contributed by atoms with Crippen molar-refractivity contribution < 1.29 is 119 Å². The highest BCUT2D eigenvalue weighted by molar-refractivity contribution is 8.01. The van der Waals surface area contributed by atoms with Gasteiger partial charge in [-0.15, -0.1) is 16.9 Å². The Bertz CT molecular complexity index is 5190. The number of unbranched alkanes of at least 4 members (excludes halogenated alkanes) is 2. The summed E-state index contributed by atoms with van der Waals surface area (Å²) in [5.74, 6) is -13.5. The van der Waals surface area contributed by atoms with E-state index in [0.717, 1.165) is 28.8 Å². The number of phenolic OH excluding ortho intramolecular Hbond substituents is 2. The highest BCUT2D eigenvalue weighted by Gasteiger charge is 2.40. The number of anilines is 2. The van der Waals surface area contributed by atoms with Gasteiger partial charge >= 0.3 is 17.9 Å². The molecule has 3 saturated heterocycles. The van der Waals surface area contributed by atoms with Gasteiger partial charge in [-0.2, -0.15) is 21.9 Å². The highest BCUT2D eigenvalue weighted by atomic mass is 32.2. The first kappa shape index (κ1) is 98.9. The largest absolute Gasteiger partial charge is 0.508 e. The van der Waals surface area contributed by atoms with E-state index in [-0.39, 0.29) is 190 Å². The number of nitrogen functional groups attached to an aromatic ring is 1. The number of hydrogen-bond acceptors (Lipinski definition) is 28. The molecule has 3 aliphatic heterocycles. The molecule has 0 aromatic heterocycles. The average molecular weight is 1820 g/mol. The molecule has 3 fully saturated rings. The topological polar surface area (TPSA) is 683 Å². The number of azo groups is 1. The first-order chi connectivity index (χ1) is 59.5. The van der Waals surface area contributed by atoms with Gasteiger partial charge in [0.15, 0.2) is 11.7 Å². The number of amides is 11. The summed E-state index contributed by atoms with van der Waals surface area (Å²) in [6.45, 7) is 5.00. The van der Waals surface area contributed by atoms with Crippen LogP contribution in [0.1, 0.15) is 94.2 Å². The Morgan fingerprint density at radius 3 is 1.70 bits per heavy atom. The summed E-state index contributed by atoms with van der Waals surface area (Å²) in [6, 6.07) is 9.83. The lowest BCUT2D eigenvalue weighted by Crippen LogP contribution is -2.58. The second-order valence-electron chi connectivity index (χ2n) is 30.3. The van der Waals surface area contributed by atoms with Crippen LogP contribution in [0.25, 0.3) is 21.9 Å². The number of carboxylic acid groups (broad SMARTS) is 3. The highest BCUT2D eigenvalue weighted by Crippen LogP contribution is 2.44. The van der Waals surface area contributed by atoms with Crippen molar-refractivity contribution in [1.29, 1.82) is 5.41 Å². The number of carbonyl (C=O) groups is 14. The Balaban J connectivity index is 0.852. The number of guanidine groups is 1. The molecular weight excluding hydrogens is 1710 g/mol. The number of carbonyl (C=O) groups excluding carboxylic acids is 11. The predicted octanol–water partition coefficient (Wildman–Crippen LogP) is -0.200. The Labute approximate surface area is 727 Å². The summed E-state index contributed by atoms with van der Waals surface area (Å²) in [5.41, 5.74) is 13.9. The minimum absolute atomic E-state index is 0.0121. The van der Waals surface area contributed by atoms with E-state index in [1.165, 1.54) is 31.2 Å². The maximum Gasteiger partial charge on any atom is 0.317 e. The van der Waals surface area contributed by atoms with Crippen LogP contribution in [0.15, 0.2) is 98.9 Å². The quantitative estimate of drug-likeness (QED) is 0.00463. The lowest BCUT2D eigenvalue weighted by Gasteiger charge is -2.26. The second kappa shape index (κ2) is 45.9. The number of likely N-dealkylation sites (tertiary alicyclic amines) is 1. The van der Waals surface area contributed by atoms with E-state index in [1.54, 1.807) is 64.9 Å². The summed E-state index contributed by atoms with van der Waals surface area (Å²) < 4.78 is 68.4. The molecule has 0 bridgehead atoms. The van der Waals surface area contributed by atoms with E-state index < -0.39 is 178 Å². The number of aryl methyl sites for hydroxylation is 2. The van der Waals surface area contributed by atoms with Crippen molar-refractivity contribution >= 4 is 154 Å². The molecule has 5 aromatic rings. The number of aromatic hydroxyl groups is 2. The third-order valence-corrected chi connectivity index (χ3v) is 23.7. The molecule has 44 nitrogen and oxygen atoms in total. The van der Waals surface area contributed by atoms with Gasteiger partial charge in [-0.05, 0) is 148 Å². The molecule has 0 aliphatic carbocycles. The van der Waals surface area contributed by atoms with Gasteiger partial charge in [0.05, 0.1) is 53.8 Å². The number of phenols is 2. The normalized spacial score (nSPS) is 19.0. The standard InChI is InChI=1S/C79H103N19O25S3/c1-43-33-47(48-15-20-52(44(2)34-48)93-94-53-21-18-50-60(125(118,119)120)38-61(126(121,122)123)70(80)69(50)71(53)110)14-19-51(43)88-74(113)54(87-63(101)39-95-27-29-96(40-67(106)107)31-32-97(30-28-95)41-68(108)109)9-4-6-23-83-62(100)22-26-98-65(103)37-59(78(98)117)124-42-64(102)84-24-7-5-10-55-75(114)89-56(11-8-25-85-79(81)82)73(112)86-45(3)72(111)91-58(36-66(104)105)77(116)92-57(76(115)90-55)35-46-12-16-49(99)17-13-46/h12-21,33-34,38,45,54-59,99,110H,4-11,22-32,35-37,39-42,80H2,1-3H3,(H,83,100)(H,84,102)(H,86,112)(H,87,101)(H,88,113)(H,89,114)(H,90,115)(H,91,111)(H,92,116)(H,104,105)(H,106,107)(H,108,109)(H4,81,82,85)(H,118,119,120)(H,121,122,123)/b94-93+/t45?,54-,55?,56+,57+,58+,59?/m1/s1. The van der Waals surface area contributed by atoms with E-state index in [2.05, 4.69) is 63.4 Å². The fourth-order valence-corrected chi connectivity index (χ4v) is 16.4. The Morgan fingerprint density at radius 1 is 0.587 bits per heavy atom. The molecule has 22 N–H and O–H groups in total. The van der Waals surface area contributed by atoms with Crippen LogP contribution in [0.2, 0.25) is 0 Å². The molecule has 11 amide bonds. The van der Waals surface area contributed by atoms with Crippen molar-refractivity contribution in [2.75, 3.05) is 102 Å². The molecule has 5 aromatic carbocycles. The molecule has 126 heavy (non-hydrogen) atoms. The van der Waals surface area contributed by atoms with Gasteiger partial charge in [-0.25, -0.2) is 0 Å².